The largest absolute Gasteiger partial charge is 0.251 e. The molecule has 0 aromatic carbocycles. The lowest BCUT2D eigenvalue weighted by molar-refractivity contribution is -0.115. The van der Waals surface area contributed by atoms with Crippen LogP contribution in [0, 0.1) is 17.8 Å². The van der Waals surface area contributed by atoms with Crippen LogP contribution < -0.4 is 0 Å². The molecule has 1 aliphatic rings. The van der Waals surface area contributed by atoms with Gasteiger partial charge in [-0.2, -0.15) is 0 Å². The van der Waals surface area contributed by atoms with Gasteiger partial charge in [0, 0.05) is 12.3 Å². The maximum atomic E-state index is 13.4. The van der Waals surface area contributed by atoms with E-state index < -0.39 is 5.92 Å². The molecule has 1 saturated carbocycles. The first-order chi connectivity index (χ1) is 5.43. The fourth-order valence-electron chi connectivity index (χ4n) is 2.21. The third-order valence-corrected chi connectivity index (χ3v) is 2.94. The second kappa shape index (κ2) is 3.31. The van der Waals surface area contributed by atoms with Crippen LogP contribution >= 0.6 is 0 Å². The van der Waals surface area contributed by atoms with Gasteiger partial charge >= 0.3 is 0 Å². The molecule has 0 nitrogen and oxygen atoms in total. The predicted molar refractivity (Wildman–Crippen MR) is 46.3 cm³/mol. The van der Waals surface area contributed by atoms with Gasteiger partial charge in [0.1, 0.15) is 0 Å². The van der Waals surface area contributed by atoms with Crippen molar-refractivity contribution in [3.8, 4) is 0 Å². The molecule has 0 radical (unpaired) electrons. The van der Waals surface area contributed by atoms with Crippen LogP contribution in [-0.2, 0) is 0 Å². The summed E-state index contributed by atoms with van der Waals surface area (Å²) in [6.07, 6.45) is 1.76. The Morgan fingerprint density at radius 3 is 2.25 bits per heavy atom. The molecule has 0 saturated heterocycles. The van der Waals surface area contributed by atoms with E-state index in [4.69, 9.17) is 0 Å². The minimum Gasteiger partial charge on any atom is -0.207 e. The normalized spacial score (nSPS) is 35.5. The van der Waals surface area contributed by atoms with Crippen molar-refractivity contribution in [3.63, 3.8) is 0 Å². The second-order valence-electron chi connectivity index (χ2n) is 4.50. The van der Waals surface area contributed by atoms with Gasteiger partial charge in [-0.25, -0.2) is 8.78 Å². The van der Waals surface area contributed by atoms with Crippen molar-refractivity contribution < 1.29 is 8.78 Å². The maximum Gasteiger partial charge on any atom is 0.251 e. The standard InChI is InChI=1S/C10H18F2/c1-7(2)9-5-4-8(3)6-10(9,11)12/h7-9H,4-6H2,1-3H3. The van der Waals surface area contributed by atoms with Gasteiger partial charge in [0.2, 0.25) is 0 Å². The van der Waals surface area contributed by atoms with E-state index in [1.165, 1.54) is 0 Å². The zero-order valence-corrected chi connectivity index (χ0v) is 8.11. The highest BCUT2D eigenvalue weighted by Gasteiger charge is 2.44. The molecule has 0 bridgehead atoms. The molecule has 12 heavy (non-hydrogen) atoms. The van der Waals surface area contributed by atoms with Gasteiger partial charge in [-0.3, -0.25) is 0 Å². The molecule has 0 heterocycles. The van der Waals surface area contributed by atoms with E-state index in [-0.39, 0.29) is 24.2 Å². The quantitative estimate of drug-likeness (QED) is 0.571. The Morgan fingerprint density at radius 1 is 1.25 bits per heavy atom. The zero-order chi connectivity index (χ0) is 9.35. The lowest BCUT2D eigenvalue weighted by Gasteiger charge is -2.36. The predicted octanol–water partition coefficient (Wildman–Crippen LogP) is 3.71. The van der Waals surface area contributed by atoms with E-state index in [2.05, 4.69) is 0 Å². The Hall–Kier alpha value is -0.140. The summed E-state index contributed by atoms with van der Waals surface area (Å²) in [5, 5.41) is 0. The van der Waals surface area contributed by atoms with Gasteiger partial charge in [-0.15, -0.1) is 0 Å². The summed E-state index contributed by atoms with van der Waals surface area (Å²) in [7, 11) is 0. The summed E-state index contributed by atoms with van der Waals surface area (Å²) in [6.45, 7) is 5.72. The fraction of sp³-hybridized carbons (Fsp3) is 1.00. The molecule has 0 N–H and O–H groups in total. The Kier molecular flexibility index (Phi) is 2.74. The summed E-state index contributed by atoms with van der Waals surface area (Å²) in [5.41, 5.74) is 0. The van der Waals surface area contributed by atoms with Crippen LogP contribution in [0.3, 0.4) is 0 Å². The van der Waals surface area contributed by atoms with Crippen LogP contribution in [0.4, 0.5) is 8.78 Å². The molecule has 2 unspecified atom stereocenters. The minimum absolute atomic E-state index is 0.0931. The molecule has 0 aromatic heterocycles. The molecule has 0 aromatic rings. The SMILES string of the molecule is CC1CCC(C(C)C)C(F)(F)C1. The third kappa shape index (κ3) is 1.96. The van der Waals surface area contributed by atoms with E-state index in [0.717, 1.165) is 6.42 Å². The average Bonchev–Trinajstić information content (AvgIpc) is 1.82. The van der Waals surface area contributed by atoms with Crippen LogP contribution in [0.5, 0.6) is 0 Å². The van der Waals surface area contributed by atoms with Gasteiger partial charge in [-0.1, -0.05) is 27.2 Å². The molecule has 2 heteroatoms. The molecular weight excluding hydrogens is 158 g/mol. The number of hydrogen-bond acceptors (Lipinski definition) is 0. The summed E-state index contributed by atoms with van der Waals surface area (Å²) in [4.78, 5) is 0. The topological polar surface area (TPSA) is 0 Å². The first-order valence-corrected chi connectivity index (χ1v) is 4.81. The van der Waals surface area contributed by atoms with Crippen molar-refractivity contribution in [2.45, 2.75) is 46.0 Å². The lowest BCUT2D eigenvalue weighted by atomic mass is 9.75. The van der Waals surface area contributed by atoms with Crippen molar-refractivity contribution in [3.05, 3.63) is 0 Å². The molecule has 1 fully saturated rings. The molecule has 0 aliphatic heterocycles. The highest BCUT2D eigenvalue weighted by Crippen LogP contribution is 2.44. The monoisotopic (exact) mass is 176 g/mol. The zero-order valence-electron chi connectivity index (χ0n) is 8.11. The van der Waals surface area contributed by atoms with Crippen LogP contribution in [-0.4, -0.2) is 5.92 Å². The Morgan fingerprint density at radius 2 is 1.83 bits per heavy atom. The maximum absolute atomic E-state index is 13.4. The van der Waals surface area contributed by atoms with E-state index in [1.54, 1.807) is 0 Å². The van der Waals surface area contributed by atoms with Crippen LogP contribution in [0.1, 0.15) is 40.0 Å². The Bertz CT molecular complexity index is 152. The number of hydrogen-bond donors (Lipinski definition) is 0. The van der Waals surface area contributed by atoms with Crippen molar-refractivity contribution >= 4 is 0 Å². The van der Waals surface area contributed by atoms with Gasteiger partial charge in [0.15, 0.2) is 0 Å². The highest BCUT2D eigenvalue weighted by atomic mass is 19.3. The fourth-order valence-corrected chi connectivity index (χ4v) is 2.21. The number of alkyl halides is 2. The molecule has 2 atom stereocenters. The minimum atomic E-state index is -2.41. The number of halogens is 2. The molecule has 1 aliphatic carbocycles. The summed E-state index contributed by atoms with van der Waals surface area (Å²) >= 11 is 0. The van der Waals surface area contributed by atoms with E-state index in [1.807, 2.05) is 20.8 Å². The highest BCUT2D eigenvalue weighted by molar-refractivity contribution is 4.86. The Balaban J connectivity index is 2.64. The average molecular weight is 176 g/mol. The van der Waals surface area contributed by atoms with Crippen molar-refractivity contribution in [1.29, 1.82) is 0 Å². The summed E-state index contributed by atoms with van der Waals surface area (Å²) in [6, 6.07) is 0. The van der Waals surface area contributed by atoms with Crippen LogP contribution in [0.2, 0.25) is 0 Å². The summed E-state index contributed by atoms with van der Waals surface area (Å²) in [5.74, 6) is -2.47. The first kappa shape index (κ1) is 9.94. The first-order valence-electron chi connectivity index (χ1n) is 4.81. The van der Waals surface area contributed by atoms with Crippen LogP contribution in [0.15, 0.2) is 0 Å². The van der Waals surface area contributed by atoms with Gasteiger partial charge in [0.25, 0.3) is 5.92 Å². The lowest BCUT2D eigenvalue weighted by Crippen LogP contribution is -2.37. The van der Waals surface area contributed by atoms with Gasteiger partial charge in [-0.05, 0) is 18.3 Å². The Labute approximate surface area is 73.3 Å². The van der Waals surface area contributed by atoms with E-state index in [9.17, 15) is 8.78 Å². The van der Waals surface area contributed by atoms with Gasteiger partial charge in [0.05, 0.1) is 0 Å². The molecular formula is C10H18F2. The van der Waals surface area contributed by atoms with Crippen molar-refractivity contribution in [2.24, 2.45) is 17.8 Å². The summed E-state index contributed by atoms with van der Waals surface area (Å²) < 4.78 is 26.7. The molecule has 0 spiro atoms. The van der Waals surface area contributed by atoms with Gasteiger partial charge < -0.3 is 0 Å². The van der Waals surface area contributed by atoms with Crippen LogP contribution in [0.25, 0.3) is 0 Å². The molecule has 0 amide bonds. The second-order valence-corrected chi connectivity index (χ2v) is 4.50. The van der Waals surface area contributed by atoms with Crippen molar-refractivity contribution in [1.82, 2.24) is 0 Å². The van der Waals surface area contributed by atoms with E-state index >= 15 is 0 Å². The smallest absolute Gasteiger partial charge is 0.207 e. The molecule has 1 rings (SSSR count). The van der Waals surface area contributed by atoms with Crippen molar-refractivity contribution in [2.75, 3.05) is 0 Å². The van der Waals surface area contributed by atoms with E-state index in [0.29, 0.717) is 6.42 Å². The molecule has 72 valence electrons. The third-order valence-electron chi connectivity index (χ3n) is 2.94. The number of rotatable bonds is 1.